The molecule has 138 valence electrons. The highest BCUT2D eigenvalue weighted by atomic mass is 16.5. The van der Waals surface area contributed by atoms with Gasteiger partial charge in [-0.2, -0.15) is 0 Å². The van der Waals surface area contributed by atoms with Crippen molar-refractivity contribution in [2.75, 3.05) is 39.4 Å². The lowest BCUT2D eigenvalue weighted by molar-refractivity contribution is -0.127. The van der Waals surface area contributed by atoms with Crippen LogP contribution in [-0.2, 0) is 14.3 Å². The highest BCUT2D eigenvalue weighted by molar-refractivity contribution is 5.78. The number of hydrogen-bond donors (Lipinski definition) is 1. The summed E-state index contributed by atoms with van der Waals surface area (Å²) in [5, 5.41) is 2.97. The van der Waals surface area contributed by atoms with Crippen molar-refractivity contribution in [3.05, 3.63) is 0 Å². The first-order chi connectivity index (χ1) is 11.5. The lowest BCUT2D eigenvalue weighted by Crippen LogP contribution is -2.44. The Bertz CT molecular complexity index is 407. The number of Topliss-reactive ketones (excluding diaryl/α,β-unsaturated/α-hetero) is 1. The standard InChI is InChI=1S/C19H34N2O3/c1-3-20-18(23)17-4-7-19(8-5-17)9-11-21(12-10-19)13-15-24-14-6-16(2)22/h17H,3-15H2,1-2H3,(H,20,23). The fraction of sp³-hybridized carbons (Fsp3) is 0.895. The number of rotatable bonds is 8. The van der Waals surface area contributed by atoms with Gasteiger partial charge in [-0.1, -0.05) is 0 Å². The van der Waals surface area contributed by atoms with Crippen molar-refractivity contribution in [3.63, 3.8) is 0 Å². The maximum Gasteiger partial charge on any atom is 0.223 e. The molecule has 2 fully saturated rings. The van der Waals surface area contributed by atoms with Crippen LogP contribution in [0.15, 0.2) is 0 Å². The summed E-state index contributed by atoms with van der Waals surface area (Å²) in [6, 6.07) is 0. The molecule has 2 aliphatic rings. The highest BCUT2D eigenvalue weighted by Crippen LogP contribution is 2.46. The molecule has 1 saturated carbocycles. The van der Waals surface area contributed by atoms with Crippen LogP contribution in [0.1, 0.15) is 58.8 Å². The van der Waals surface area contributed by atoms with Crippen molar-refractivity contribution in [2.45, 2.75) is 58.8 Å². The largest absolute Gasteiger partial charge is 0.380 e. The topological polar surface area (TPSA) is 58.6 Å². The summed E-state index contributed by atoms with van der Waals surface area (Å²) < 4.78 is 5.54. The Kier molecular flexibility index (Phi) is 7.69. The molecule has 2 rings (SSSR count). The van der Waals surface area contributed by atoms with Gasteiger partial charge in [0.05, 0.1) is 13.2 Å². The second-order valence-corrected chi connectivity index (χ2v) is 7.57. The molecule has 0 aromatic heterocycles. The third-order valence-electron chi connectivity index (χ3n) is 5.84. The van der Waals surface area contributed by atoms with Crippen LogP contribution in [0.25, 0.3) is 0 Å². The minimum absolute atomic E-state index is 0.193. The van der Waals surface area contributed by atoms with E-state index >= 15 is 0 Å². The SMILES string of the molecule is CCNC(=O)C1CCC2(CC1)CCN(CCOCCC(C)=O)CC2. The van der Waals surface area contributed by atoms with Crippen LogP contribution in [-0.4, -0.2) is 56.0 Å². The number of piperidine rings is 1. The van der Waals surface area contributed by atoms with Gasteiger partial charge in [0, 0.05) is 25.4 Å². The molecule has 24 heavy (non-hydrogen) atoms. The van der Waals surface area contributed by atoms with Crippen molar-refractivity contribution in [3.8, 4) is 0 Å². The summed E-state index contributed by atoms with van der Waals surface area (Å²) in [5.74, 6) is 0.689. The van der Waals surface area contributed by atoms with Crippen molar-refractivity contribution < 1.29 is 14.3 Å². The Hall–Kier alpha value is -0.940. The Morgan fingerprint density at radius 2 is 1.79 bits per heavy atom. The van der Waals surface area contributed by atoms with Gasteiger partial charge in [-0.05, 0) is 70.9 Å². The molecule has 1 spiro atoms. The molecule has 1 heterocycles. The molecule has 1 aliphatic carbocycles. The monoisotopic (exact) mass is 338 g/mol. The molecule has 0 atom stereocenters. The molecule has 1 amide bonds. The first-order valence-electron chi connectivity index (χ1n) is 9.62. The van der Waals surface area contributed by atoms with Gasteiger partial charge >= 0.3 is 0 Å². The van der Waals surface area contributed by atoms with Crippen molar-refractivity contribution in [1.82, 2.24) is 10.2 Å². The van der Waals surface area contributed by atoms with Crippen molar-refractivity contribution >= 4 is 11.7 Å². The van der Waals surface area contributed by atoms with Gasteiger partial charge < -0.3 is 15.0 Å². The van der Waals surface area contributed by atoms with E-state index in [2.05, 4.69) is 10.2 Å². The van der Waals surface area contributed by atoms with Gasteiger partial charge in [-0.25, -0.2) is 0 Å². The lowest BCUT2D eigenvalue weighted by Gasteiger charge is -2.45. The number of carbonyl (C=O) groups excluding carboxylic acids is 2. The number of likely N-dealkylation sites (tertiary alicyclic amines) is 1. The molecular formula is C19H34N2O3. The highest BCUT2D eigenvalue weighted by Gasteiger charge is 2.39. The van der Waals surface area contributed by atoms with Crippen LogP contribution in [0.3, 0.4) is 0 Å². The fourth-order valence-electron chi connectivity index (χ4n) is 4.07. The summed E-state index contributed by atoms with van der Waals surface area (Å²) in [6.07, 6.45) is 7.55. The summed E-state index contributed by atoms with van der Waals surface area (Å²) in [4.78, 5) is 25.3. The van der Waals surface area contributed by atoms with E-state index in [-0.39, 0.29) is 17.6 Å². The lowest BCUT2D eigenvalue weighted by atomic mass is 9.65. The van der Waals surface area contributed by atoms with Crippen molar-refractivity contribution in [2.24, 2.45) is 11.3 Å². The average Bonchev–Trinajstić information content (AvgIpc) is 2.57. The van der Waals surface area contributed by atoms with Crippen LogP contribution < -0.4 is 5.32 Å². The number of hydrogen-bond acceptors (Lipinski definition) is 4. The van der Waals surface area contributed by atoms with E-state index < -0.39 is 0 Å². The van der Waals surface area contributed by atoms with E-state index in [0.29, 0.717) is 18.4 Å². The predicted molar refractivity (Wildman–Crippen MR) is 94.9 cm³/mol. The van der Waals surface area contributed by atoms with E-state index in [1.807, 2.05) is 6.92 Å². The molecule has 5 heteroatoms. The first kappa shape index (κ1) is 19.4. The summed E-state index contributed by atoms with van der Waals surface area (Å²) >= 11 is 0. The summed E-state index contributed by atoms with van der Waals surface area (Å²) in [6.45, 7) is 8.85. The number of nitrogens with zero attached hydrogens (tertiary/aromatic N) is 1. The average molecular weight is 338 g/mol. The van der Waals surface area contributed by atoms with Crippen LogP contribution in [0.4, 0.5) is 0 Å². The minimum atomic E-state index is 0.193. The molecule has 0 aromatic rings. The molecule has 0 aromatic carbocycles. The van der Waals surface area contributed by atoms with E-state index in [9.17, 15) is 9.59 Å². The van der Waals surface area contributed by atoms with E-state index in [4.69, 9.17) is 4.74 Å². The van der Waals surface area contributed by atoms with Crippen molar-refractivity contribution in [1.29, 1.82) is 0 Å². The molecule has 0 bridgehead atoms. The van der Waals surface area contributed by atoms with Gasteiger partial charge in [0.2, 0.25) is 5.91 Å². The van der Waals surface area contributed by atoms with Gasteiger partial charge in [-0.15, -0.1) is 0 Å². The number of ether oxygens (including phenoxy) is 1. The fourth-order valence-corrected chi connectivity index (χ4v) is 4.07. The van der Waals surface area contributed by atoms with Gasteiger partial charge in [0.25, 0.3) is 0 Å². The number of amides is 1. The normalized spacial score (nSPS) is 21.8. The Morgan fingerprint density at radius 3 is 2.38 bits per heavy atom. The van der Waals surface area contributed by atoms with E-state index in [1.165, 1.54) is 25.7 Å². The quantitative estimate of drug-likeness (QED) is 0.691. The van der Waals surface area contributed by atoms with E-state index in [0.717, 1.165) is 45.6 Å². The Balaban J connectivity index is 1.62. The minimum Gasteiger partial charge on any atom is -0.380 e. The third-order valence-corrected chi connectivity index (χ3v) is 5.84. The van der Waals surface area contributed by atoms with Crippen LogP contribution >= 0.6 is 0 Å². The Labute approximate surface area is 146 Å². The number of ketones is 1. The van der Waals surface area contributed by atoms with Crippen LogP contribution in [0, 0.1) is 11.3 Å². The predicted octanol–water partition coefficient (Wildman–Crippen LogP) is 2.39. The molecule has 0 unspecified atom stereocenters. The molecule has 1 saturated heterocycles. The number of carbonyl (C=O) groups is 2. The van der Waals surface area contributed by atoms with Gasteiger partial charge in [-0.3, -0.25) is 9.59 Å². The van der Waals surface area contributed by atoms with E-state index in [1.54, 1.807) is 6.92 Å². The smallest absolute Gasteiger partial charge is 0.223 e. The Morgan fingerprint density at radius 1 is 1.12 bits per heavy atom. The van der Waals surface area contributed by atoms with Crippen LogP contribution in [0.2, 0.25) is 0 Å². The summed E-state index contributed by atoms with van der Waals surface area (Å²) in [5.41, 5.74) is 0.481. The maximum absolute atomic E-state index is 12.0. The molecule has 1 aliphatic heterocycles. The zero-order chi connectivity index (χ0) is 17.4. The molecular weight excluding hydrogens is 304 g/mol. The molecule has 1 N–H and O–H groups in total. The number of nitrogens with one attached hydrogen (secondary N) is 1. The van der Waals surface area contributed by atoms with Crippen LogP contribution in [0.5, 0.6) is 0 Å². The zero-order valence-electron chi connectivity index (χ0n) is 15.4. The molecule has 5 nitrogen and oxygen atoms in total. The molecule has 0 radical (unpaired) electrons. The van der Waals surface area contributed by atoms with Gasteiger partial charge in [0.15, 0.2) is 0 Å². The zero-order valence-corrected chi connectivity index (χ0v) is 15.4. The third kappa shape index (κ3) is 5.85. The summed E-state index contributed by atoms with van der Waals surface area (Å²) in [7, 11) is 0. The first-order valence-corrected chi connectivity index (χ1v) is 9.62. The second kappa shape index (κ2) is 9.52. The van der Waals surface area contributed by atoms with Gasteiger partial charge in [0.1, 0.15) is 5.78 Å². The second-order valence-electron chi connectivity index (χ2n) is 7.57. The maximum atomic E-state index is 12.0.